The van der Waals surface area contributed by atoms with Crippen LogP contribution in [-0.4, -0.2) is 53.4 Å². The number of nitrogens with one attached hydrogen (secondary N) is 3. The summed E-state index contributed by atoms with van der Waals surface area (Å²) < 4.78 is 5.64. The number of aromatic nitrogens is 4. The second-order valence-corrected chi connectivity index (χ2v) is 10.0. The van der Waals surface area contributed by atoms with Crippen molar-refractivity contribution in [3.8, 4) is 11.5 Å². The first kappa shape index (κ1) is 24.7. The summed E-state index contributed by atoms with van der Waals surface area (Å²) in [5.41, 5.74) is 4.33. The number of anilines is 4. The van der Waals surface area contributed by atoms with Crippen molar-refractivity contribution in [2.24, 2.45) is 0 Å². The number of phenols is 1. The predicted octanol–water partition coefficient (Wildman–Crippen LogP) is 4.31. The molecular weight excluding hydrogens is 512 g/mol. The highest BCUT2D eigenvalue weighted by atomic mass is 32.2. The second-order valence-electron chi connectivity index (χ2n) is 8.35. The van der Waals surface area contributed by atoms with Crippen LogP contribution in [-0.2, 0) is 4.79 Å². The van der Waals surface area contributed by atoms with Gasteiger partial charge in [-0.25, -0.2) is 0 Å². The van der Waals surface area contributed by atoms with Crippen LogP contribution in [0.3, 0.4) is 0 Å². The maximum Gasteiger partial charge on any atom is 0.285 e. The molecule has 1 saturated carbocycles. The lowest BCUT2D eigenvalue weighted by Gasteiger charge is -2.18. The number of ether oxygens (including phenoxy) is 1. The number of hydrogen-bond donors (Lipinski definition) is 4. The topological polar surface area (TPSA) is 137 Å². The van der Waals surface area contributed by atoms with Crippen LogP contribution in [0.1, 0.15) is 31.2 Å². The lowest BCUT2D eigenvalue weighted by atomic mass is 10.2. The van der Waals surface area contributed by atoms with Gasteiger partial charge in [-0.1, -0.05) is 24.6 Å². The summed E-state index contributed by atoms with van der Waals surface area (Å²) in [6, 6.07) is 8.56. The molecule has 5 rings (SSSR count). The Morgan fingerprint density at radius 1 is 1.11 bits per heavy atom. The molecule has 2 aliphatic rings. The Hall–Kier alpha value is -3.97. The molecule has 2 aromatic heterocycles. The number of hydrogen-bond acceptors (Lipinski definition) is 12. The third-order valence-corrected chi connectivity index (χ3v) is 7.08. The number of carbonyl (C=O) groups is 1. The van der Waals surface area contributed by atoms with Crippen LogP contribution in [0, 0.1) is 0 Å². The molecule has 1 aliphatic heterocycles. The summed E-state index contributed by atoms with van der Waals surface area (Å²) in [7, 11) is 1.54. The van der Waals surface area contributed by atoms with Gasteiger partial charge in [0.25, 0.3) is 5.91 Å². The number of benzene rings is 1. The summed E-state index contributed by atoms with van der Waals surface area (Å²) in [5.74, 6) is 1.16. The number of nitrogens with zero attached hydrogens (tertiary/aromatic N) is 5. The fraction of sp³-hybridized carbons (Fsp3) is 0.250. The largest absolute Gasteiger partial charge is 0.508 e. The third kappa shape index (κ3) is 5.89. The van der Waals surface area contributed by atoms with Crippen molar-refractivity contribution < 1.29 is 14.6 Å². The summed E-state index contributed by atoms with van der Waals surface area (Å²) >= 11 is 6.62. The number of phenolic OH excluding ortho intramolecular Hbond substituents is 1. The molecule has 190 valence electrons. The highest BCUT2D eigenvalue weighted by Gasteiger charge is 2.33. The molecule has 13 heteroatoms. The van der Waals surface area contributed by atoms with Gasteiger partial charge < -0.3 is 20.5 Å². The fourth-order valence-corrected chi connectivity index (χ4v) is 5.13. The summed E-state index contributed by atoms with van der Waals surface area (Å²) in [4.78, 5) is 31.1. The lowest BCUT2D eigenvalue weighted by molar-refractivity contribution is -0.121. The van der Waals surface area contributed by atoms with Crippen molar-refractivity contribution in [2.45, 2.75) is 31.7 Å². The Kier molecular flexibility index (Phi) is 7.32. The first-order chi connectivity index (χ1) is 18.0. The van der Waals surface area contributed by atoms with Crippen molar-refractivity contribution >= 4 is 63.8 Å². The maximum atomic E-state index is 13.2. The van der Waals surface area contributed by atoms with Crippen LogP contribution < -0.4 is 20.8 Å². The summed E-state index contributed by atoms with van der Waals surface area (Å²) in [5, 5.41) is 17.3. The second kappa shape index (κ2) is 11.0. The number of carbonyl (C=O) groups excluding carboxylic acids is 1. The molecule has 1 saturated heterocycles. The molecule has 11 nitrogen and oxygen atoms in total. The molecule has 0 spiro atoms. The molecule has 1 amide bonds. The van der Waals surface area contributed by atoms with E-state index in [1.807, 2.05) is 0 Å². The SMILES string of the molecule is COc1cnccc1/C=C1\SC(=S)N(Nc2nc(Nc3ccc(O)cc3)nc(NC3CCCC3)n2)C1=O. The van der Waals surface area contributed by atoms with Gasteiger partial charge in [0.1, 0.15) is 11.5 Å². The van der Waals surface area contributed by atoms with Gasteiger partial charge in [0, 0.05) is 23.5 Å². The lowest BCUT2D eigenvalue weighted by Crippen LogP contribution is -2.35. The van der Waals surface area contributed by atoms with Gasteiger partial charge in [0.15, 0.2) is 4.32 Å². The Labute approximate surface area is 222 Å². The standard InChI is InChI=1S/C24H24N8O3S2/c1-35-18-13-25-11-10-14(18)12-19-20(34)32(24(36)37-19)31-23-29-21(26-15-4-2-3-5-15)28-22(30-23)27-16-6-8-17(33)9-7-16/h6-13,15,33H,2-5H2,1H3,(H3,26,27,28,29,30,31)/b19-12-. The highest BCUT2D eigenvalue weighted by molar-refractivity contribution is 8.26. The van der Waals surface area contributed by atoms with Gasteiger partial charge in [-0.2, -0.15) is 20.0 Å². The minimum absolute atomic E-state index is 0.149. The molecule has 37 heavy (non-hydrogen) atoms. The van der Waals surface area contributed by atoms with Crippen molar-refractivity contribution in [1.29, 1.82) is 0 Å². The number of amides is 1. The van der Waals surface area contributed by atoms with E-state index in [4.69, 9.17) is 17.0 Å². The van der Waals surface area contributed by atoms with E-state index in [-0.39, 0.29) is 29.6 Å². The molecule has 0 atom stereocenters. The van der Waals surface area contributed by atoms with E-state index in [1.54, 1.807) is 55.9 Å². The van der Waals surface area contributed by atoms with Crippen LogP contribution in [0.15, 0.2) is 47.6 Å². The van der Waals surface area contributed by atoms with Gasteiger partial charge in [0.2, 0.25) is 17.8 Å². The molecule has 2 fully saturated rings. The number of methoxy groups -OCH3 is 1. The van der Waals surface area contributed by atoms with E-state index in [0.29, 0.717) is 32.2 Å². The molecule has 0 radical (unpaired) electrons. The van der Waals surface area contributed by atoms with E-state index in [9.17, 15) is 9.90 Å². The monoisotopic (exact) mass is 536 g/mol. The van der Waals surface area contributed by atoms with E-state index in [0.717, 1.165) is 37.4 Å². The van der Waals surface area contributed by atoms with Gasteiger partial charge in [-0.15, -0.1) is 0 Å². The Morgan fingerprint density at radius 3 is 2.59 bits per heavy atom. The van der Waals surface area contributed by atoms with Gasteiger partial charge >= 0.3 is 0 Å². The van der Waals surface area contributed by atoms with Crippen LogP contribution in [0.2, 0.25) is 0 Å². The third-order valence-electron chi connectivity index (χ3n) is 5.78. The number of thioether (sulfide) groups is 1. The predicted molar refractivity (Wildman–Crippen MR) is 147 cm³/mol. The van der Waals surface area contributed by atoms with Crippen molar-refractivity contribution in [1.82, 2.24) is 24.9 Å². The Bertz CT molecular complexity index is 1350. The van der Waals surface area contributed by atoms with E-state index in [1.165, 1.54) is 5.01 Å². The van der Waals surface area contributed by atoms with Gasteiger partial charge in [0.05, 0.1) is 18.2 Å². The Balaban J connectivity index is 1.40. The zero-order valence-electron chi connectivity index (χ0n) is 19.8. The minimum atomic E-state index is -0.340. The van der Waals surface area contributed by atoms with Crippen LogP contribution in [0.25, 0.3) is 6.08 Å². The summed E-state index contributed by atoms with van der Waals surface area (Å²) in [6.45, 7) is 0. The van der Waals surface area contributed by atoms with E-state index in [2.05, 4.69) is 36.0 Å². The average Bonchev–Trinajstić information content (AvgIpc) is 3.49. The quantitative estimate of drug-likeness (QED) is 0.185. The highest BCUT2D eigenvalue weighted by Crippen LogP contribution is 2.34. The molecule has 1 aromatic carbocycles. The number of aromatic hydroxyl groups is 1. The number of pyridine rings is 1. The zero-order valence-corrected chi connectivity index (χ0v) is 21.5. The van der Waals surface area contributed by atoms with Crippen molar-refractivity contribution in [3.63, 3.8) is 0 Å². The van der Waals surface area contributed by atoms with Crippen molar-refractivity contribution in [2.75, 3.05) is 23.2 Å². The van der Waals surface area contributed by atoms with E-state index < -0.39 is 0 Å². The average molecular weight is 537 g/mol. The minimum Gasteiger partial charge on any atom is -0.508 e. The number of thiocarbonyl (C=S) groups is 1. The number of rotatable bonds is 8. The van der Waals surface area contributed by atoms with Gasteiger partial charge in [-0.3, -0.25) is 15.2 Å². The van der Waals surface area contributed by atoms with Gasteiger partial charge in [-0.05, 0) is 61.5 Å². The van der Waals surface area contributed by atoms with E-state index >= 15 is 0 Å². The number of hydrazine groups is 1. The molecule has 0 bridgehead atoms. The molecule has 3 aromatic rings. The molecule has 4 N–H and O–H groups in total. The first-order valence-corrected chi connectivity index (χ1v) is 12.8. The maximum absolute atomic E-state index is 13.2. The molecular formula is C24H24N8O3S2. The van der Waals surface area contributed by atoms with Crippen LogP contribution in [0.5, 0.6) is 11.5 Å². The normalized spacial score (nSPS) is 16.9. The summed E-state index contributed by atoms with van der Waals surface area (Å²) in [6.07, 6.45) is 9.28. The fourth-order valence-electron chi connectivity index (χ4n) is 3.96. The van der Waals surface area contributed by atoms with Crippen LogP contribution in [0.4, 0.5) is 23.5 Å². The zero-order chi connectivity index (χ0) is 25.8. The first-order valence-electron chi connectivity index (χ1n) is 11.6. The van der Waals surface area contributed by atoms with Crippen LogP contribution >= 0.6 is 24.0 Å². The Morgan fingerprint density at radius 2 is 1.84 bits per heavy atom. The molecule has 3 heterocycles. The molecule has 0 unspecified atom stereocenters. The smallest absolute Gasteiger partial charge is 0.285 e. The molecule has 1 aliphatic carbocycles. The van der Waals surface area contributed by atoms with Crippen molar-refractivity contribution in [3.05, 3.63) is 53.2 Å².